The minimum absolute atomic E-state index is 0.102. The Bertz CT molecular complexity index is 646. The summed E-state index contributed by atoms with van der Waals surface area (Å²) < 4.78 is 32.0. The van der Waals surface area contributed by atoms with Crippen molar-refractivity contribution in [2.24, 2.45) is 0 Å². The Balaban J connectivity index is 2.45. The quantitative estimate of drug-likeness (QED) is 0.631. The highest BCUT2D eigenvalue weighted by Gasteiger charge is 2.18. The Hall–Kier alpha value is -1.45. The fourth-order valence-corrected chi connectivity index (χ4v) is 2.91. The molecule has 7 nitrogen and oxygen atoms in total. The van der Waals surface area contributed by atoms with E-state index in [1.165, 1.54) is 19.1 Å². The Kier molecular flexibility index (Phi) is 7.66. The van der Waals surface area contributed by atoms with E-state index in [1.54, 1.807) is 19.1 Å². The zero-order valence-electron chi connectivity index (χ0n) is 12.8. The van der Waals surface area contributed by atoms with Crippen LogP contribution < -0.4 is 10.0 Å². The molecule has 23 heavy (non-hydrogen) atoms. The van der Waals surface area contributed by atoms with Crippen LogP contribution in [0.5, 0.6) is 0 Å². The molecule has 0 bridgehead atoms. The van der Waals surface area contributed by atoms with Crippen molar-refractivity contribution in [3.63, 3.8) is 0 Å². The van der Waals surface area contributed by atoms with Gasteiger partial charge in [0.05, 0.1) is 11.3 Å². The number of likely N-dealkylation sites (N-methyl/N-ethyl adjacent to an activating group) is 1. The summed E-state index contributed by atoms with van der Waals surface area (Å²) in [7, 11) is -3.68. The summed E-state index contributed by atoms with van der Waals surface area (Å²) in [4.78, 5) is 23.1. The van der Waals surface area contributed by atoms with Crippen LogP contribution in [0.25, 0.3) is 0 Å². The predicted molar refractivity (Wildman–Crippen MR) is 88.2 cm³/mol. The molecule has 0 spiro atoms. The number of rotatable bonds is 8. The van der Waals surface area contributed by atoms with Gasteiger partial charge in [-0.25, -0.2) is 13.1 Å². The number of ether oxygens (including phenoxy) is 1. The number of sulfonamides is 1. The van der Waals surface area contributed by atoms with E-state index in [1.807, 2.05) is 0 Å². The molecular formula is C14H19BrN2O5S. The van der Waals surface area contributed by atoms with Crippen molar-refractivity contribution in [2.45, 2.75) is 31.3 Å². The van der Waals surface area contributed by atoms with Gasteiger partial charge in [0, 0.05) is 17.6 Å². The van der Waals surface area contributed by atoms with Crippen molar-refractivity contribution in [3.8, 4) is 0 Å². The lowest BCUT2D eigenvalue weighted by Gasteiger charge is -2.12. The molecule has 1 rings (SSSR count). The van der Waals surface area contributed by atoms with Crippen molar-refractivity contribution in [1.82, 2.24) is 10.0 Å². The van der Waals surface area contributed by atoms with Gasteiger partial charge in [0.25, 0.3) is 5.91 Å². The molecule has 0 unspecified atom stereocenters. The molecule has 0 aliphatic rings. The van der Waals surface area contributed by atoms with Gasteiger partial charge in [-0.2, -0.15) is 0 Å². The second-order valence-corrected chi connectivity index (χ2v) is 7.31. The lowest BCUT2D eigenvalue weighted by molar-refractivity contribution is -0.154. The molecule has 1 atom stereocenters. The van der Waals surface area contributed by atoms with Crippen molar-refractivity contribution in [2.75, 3.05) is 13.1 Å². The summed E-state index contributed by atoms with van der Waals surface area (Å²) in [5.74, 6) is -1.04. The lowest BCUT2D eigenvalue weighted by atomic mass is 10.3. The first-order valence-corrected chi connectivity index (χ1v) is 9.26. The van der Waals surface area contributed by atoms with E-state index in [9.17, 15) is 18.0 Å². The van der Waals surface area contributed by atoms with Crippen LogP contribution in [0, 0.1) is 0 Å². The van der Waals surface area contributed by atoms with Gasteiger partial charge in [-0.1, -0.05) is 15.9 Å². The van der Waals surface area contributed by atoms with Crippen LogP contribution in [-0.4, -0.2) is 39.5 Å². The van der Waals surface area contributed by atoms with E-state index in [-0.39, 0.29) is 17.9 Å². The Morgan fingerprint density at radius 3 is 2.43 bits per heavy atom. The number of hydrogen-bond donors (Lipinski definition) is 2. The van der Waals surface area contributed by atoms with Crippen molar-refractivity contribution < 1.29 is 22.7 Å². The van der Waals surface area contributed by atoms with Gasteiger partial charge in [0.2, 0.25) is 10.0 Å². The maximum absolute atomic E-state index is 12.0. The Morgan fingerprint density at radius 2 is 1.87 bits per heavy atom. The third-order valence-electron chi connectivity index (χ3n) is 2.77. The third kappa shape index (κ3) is 6.67. The lowest BCUT2D eigenvalue weighted by Crippen LogP contribution is -2.36. The number of benzene rings is 1. The molecule has 9 heteroatoms. The largest absolute Gasteiger partial charge is 0.453 e. The second-order valence-electron chi connectivity index (χ2n) is 4.63. The van der Waals surface area contributed by atoms with E-state index < -0.39 is 28.0 Å². The van der Waals surface area contributed by atoms with Gasteiger partial charge in [0.15, 0.2) is 6.10 Å². The van der Waals surface area contributed by atoms with Crippen molar-refractivity contribution >= 4 is 37.8 Å². The molecule has 0 aromatic heterocycles. The van der Waals surface area contributed by atoms with E-state index in [0.29, 0.717) is 6.54 Å². The molecule has 0 aliphatic heterocycles. The first kappa shape index (κ1) is 19.6. The molecule has 1 aromatic carbocycles. The summed E-state index contributed by atoms with van der Waals surface area (Å²) >= 11 is 3.22. The maximum Gasteiger partial charge on any atom is 0.307 e. The molecular weight excluding hydrogens is 388 g/mol. The molecule has 0 saturated heterocycles. The number of nitrogens with one attached hydrogen (secondary N) is 2. The SMILES string of the molecule is CCNC(=O)[C@@H](C)OC(=O)CCNS(=O)(=O)c1ccc(Br)cc1. The Morgan fingerprint density at radius 1 is 1.26 bits per heavy atom. The van der Waals surface area contributed by atoms with Gasteiger partial charge < -0.3 is 10.1 Å². The fraction of sp³-hybridized carbons (Fsp3) is 0.429. The molecule has 0 radical (unpaired) electrons. The fourth-order valence-electron chi connectivity index (χ4n) is 1.61. The topological polar surface area (TPSA) is 102 Å². The van der Waals surface area contributed by atoms with Gasteiger partial charge in [-0.3, -0.25) is 9.59 Å². The van der Waals surface area contributed by atoms with E-state index >= 15 is 0 Å². The molecule has 128 valence electrons. The van der Waals surface area contributed by atoms with E-state index in [0.717, 1.165) is 4.47 Å². The van der Waals surface area contributed by atoms with Crippen LogP contribution in [0.15, 0.2) is 33.6 Å². The van der Waals surface area contributed by atoms with Crippen LogP contribution in [0.4, 0.5) is 0 Å². The zero-order valence-corrected chi connectivity index (χ0v) is 15.2. The first-order valence-electron chi connectivity index (χ1n) is 6.98. The molecule has 1 amide bonds. The number of carbonyl (C=O) groups excluding carboxylic acids is 2. The standard InChI is InChI=1S/C14H19BrN2O5S/c1-3-16-14(19)10(2)22-13(18)8-9-17-23(20,21)12-6-4-11(15)5-7-12/h4-7,10,17H,3,8-9H2,1-2H3,(H,16,19)/t10-/m1/s1. The number of halogens is 1. The van der Waals surface area contributed by atoms with E-state index in [4.69, 9.17) is 4.74 Å². The molecule has 0 saturated carbocycles. The highest BCUT2D eigenvalue weighted by molar-refractivity contribution is 9.10. The second kappa shape index (κ2) is 8.99. The maximum atomic E-state index is 12.0. The summed E-state index contributed by atoms with van der Waals surface area (Å²) in [6.45, 7) is 3.53. The van der Waals surface area contributed by atoms with Crippen LogP contribution in [0.3, 0.4) is 0 Å². The number of hydrogen-bond acceptors (Lipinski definition) is 5. The van der Waals surface area contributed by atoms with Crippen LogP contribution >= 0.6 is 15.9 Å². The highest BCUT2D eigenvalue weighted by atomic mass is 79.9. The van der Waals surface area contributed by atoms with Crippen LogP contribution in [-0.2, 0) is 24.3 Å². The summed E-state index contributed by atoms with van der Waals surface area (Å²) in [6, 6.07) is 6.11. The van der Waals surface area contributed by atoms with Gasteiger partial charge in [-0.05, 0) is 38.1 Å². The molecule has 0 fully saturated rings. The van der Waals surface area contributed by atoms with Gasteiger partial charge in [-0.15, -0.1) is 0 Å². The monoisotopic (exact) mass is 406 g/mol. The minimum atomic E-state index is -3.68. The predicted octanol–water partition coefficient (Wildman–Crippen LogP) is 1.19. The number of esters is 1. The normalized spacial score (nSPS) is 12.5. The first-order chi connectivity index (χ1) is 10.8. The number of amides is 1. The average Bonchev–Trinajstić information content (AvgIpc) is 2.47. The number of carbonyl (C=O) groups is 2. The summed E-state index contributed by atoms with van der Waals surface area (Å²) in [6.07, 6.45) is -1.08. The van der Waals surface area contributed by atoms with Gasteiger partial charge >= 0.3 is 5.97 Å². The highest BCUT2D eigenvalue weighted by Crippen LogP contribution is 2.14. The van der Waals surface area contributed by atoms with Crippen LogP contribution in [0.1, 0.15) is 20.3 Å². The molecule has 2 N–H and O–H groups in total. The van der Waals surface area contributed by atoms with Gasteiger partial charge in [0.1, 0.15) is 0 Å². The molecule has 1 aromatic rings. The summed E-state index contributed by atoms with van der Waals surface area (Å²) in [5.41, 5.74) is 0. The van der Waals surface area contributed by atoms with Crippen LogP contribution in [0.2, 0.25) is 0 Å². The zero-order chi connectivity index (χ0) is 17.5. The molecule has 0 aliphatic carbocycles. The average molecular weight is 407 g/mol. The Labute approximate surface area is 144 Å². The smallest absolute Gasteiger partial charge is 0.307 e. The van der Waals surface area contributed by atoms with E-state index in [2.05, 4.69) is 26.0 Å². The molecule has 0 heterocycles. The van der Waals surface area contributed by atoms with Crippen molar-refractivity contribution in [1.29, 1.82) is 0 Å². The summed E-state index contributed by atoms with van der Waals surface area (Å²) in [5, 5.41) is 2.53. The van der Waals surface area contributed by atoms with Crippen molar-refractivity contribution in [3.05, 3.63) is 28.7 Å². The minimum Gasteiger partial charge on any atom is -0.453 e. The third-order valence-corrected chi connectivity index (χ3v) is 4.78.